The van der Waals surface area contributed by atoms with Crippen molar-refractivity contribution in [3.05, 3.63) is 17.8 Å². The van der Waals surface area contributed by atoms with Crippen LogP contribution in [0.1, 0.15) is 38.7 Å². The van der Waals surface area contributed by atoms with Gasteiger partial charge in [-0.3, -0.25) is 0 Å². The van der Waals surface area contributed by atoms with Crippen molar-refractivity contribution in [2.75, 3.05) is 17.2 Å². The fourth-order valence-electron chi connectivity index (χ4n) is 2.30. The first kappa shape index (κ1) is 11.9. The highest BCUT2D eigenvalue weighted by atomic mass is 15.2. The largest absolute Gasteiger partial charge is 0.398 e. The van der Waals surface area contributed by atoms with E-state index in [2.05, 4.69) is 23.7 Å². The van der Waals surface area contributed by atoms with Gasteiger partial charge < -0.3 is 16.0 Å². The van der Waals surface area contributed by atoms with Gasteiger partial charge in [-0.15, -0.1) is 0 Å². The molecule has 1 atom stereocenters. The van der Waals surface area contributed by atoms with Crippen molar-refractivity contribution in [3.8, 4) is 0 Å². The minimum absolute atomic E-state index is 0.439. The van der Waals surface area contributed by atoms with Crippen molar-refractivity contribution >= 4 is 17.2 Å². The van der Waals surface area contributed by atoms with Crippen molar-refractivity contribution in [1.82, 2.24) is 4.98 Å². The van der Waals surface area contributed by atoms with Crippen LogP contribution in [0.3, 0.4) is 0 Å². The molecule has 0 fully saturated rings. The van der Waals surface area contributed by atoms with Gasteiger partial charge >= 0.3 is 0 Å². The third-order valence-corrected chi connectivity index (χ3v) is 3.49. The second-order valence-corrected chi connectivity index (χ2v) is 4.63. The van der Waals surface area contributed by atoms with Gasteiger partial charge in [-0.1, -0.05) is 6.92 Å². The predicted octanol–water partition coefficient (Wildman–Crippen LogP) is 2.43. The monoisotopic (exact) mass is 232 g/mol. The molecule has 3 N–H and O–H groups in total. The van der Waals surface area contributed by atoms with E-state index in [-0.39, 0.29) is 0 Å². The standard InChI is InChI=1S/C13H20N4/c1-3-9(2)17-8-4-5-10(14)12-11(15)6-7-16-13(12)17/h6-7,9,14H,3-5,8H2,1-2H3,(H2,15,16). The molecule has 0 bridgehead atoms. The van der Waals surface area contributed by atoms with E-state index < -0.39 is 0 Å². The van der Waals surface area contributed by atoms with Crippen molar-refractivity contribution in [2.45, 2.75) is 39.2 Å². The first-order valence-corrected chi connectivity index (χ1v) is 6.24. The number of hydrogen-bond donors (Lipinski definition) is 2. The summed E-state index contributed by atoms with van der Waals surface area (Å²) in [6.07, 6.45) is 4.60. The van der Waals surface area contributed by atoms with Crippen LogP contribution in [-0.4, -0.2) is 23.3 Å². The quantitative estimate of drug-likeness (QED) is 0.823. The second kappa shape index (κ2) is 4.73. The normalized spacial score (nSPS) is 17.5. The summed E-state index contributed by atoms with van der Waals surface area (Å²) in [6.45, 7) is 5.33. The molecule has 0 aromatic carbocycles. The molecule has 2 rings (SSSR count). The minimum Gasteiger partial charge on any atom is -0.398 e. The average Bonchev–Trinajstić information content (AvgIpc) is 2.49. The Morgan fingerprint density at radius 3 is 3.06 bits per heavy atom. The lowest BCUT2D eigenvalue weighted by molar-refractivity contribution is 0.602. The summed E-state index contributed by atoms with van der Waals surface area (Å²) < 4.78 is 0. The number of rotatable bonds is 2. The summed E-state index contributed by atoms with van der Waals surface area (Å²) in [7, 11) is 0. The highest BCUT2D eigenvalue weighted by molar-refractivity contribution is 6.07. The molecule has 4 heteroatoms. The van der Waals surface area contributed by atoms with Gasteiger partial charge in [-0.25, -0.2) is 4.98 Å². The van der Waals surface area contributed by atoms with Crippen molar-refractivity contribution in [3.63, 3.8) is 0 Å². The van der Waals surface area contributed by atoms with Crippen LogP contribution in [0.15, 0.2) is 12.3 Å². The molecule has 0 saturated heterocycles. The summed E-state index contributed by atoms with van der Waals surface area (Å²) in [5.74, 6) is 0.891. The van der Waals surface area contributed by atoms with Gasteiger partial charge in [0, 0.05) is 30.2 Å². The predicted molar refractivity (Wildman–Crippen MR) is 71.8 cm³/mol. The lowest BCUT2D eigenvalue weighted by Gasteiger charge is -2.29. The number of nitrogens with two attached hydrogens (primary N) is 1. The van der Waals surface area contributed by atoms with E-state index in [0.717, 1.165) is 37.2 Å². The van der Waals surface area contributed by atoms with Crippen molar-refractivity contribution in [2.24, 2.45) is 0 Å². The van der Waals surface area contributed by atoms with E-state index in [4.69, 9.17) is 11.1 Å². The number of pyridine rings is 1. The van der Waals surface area contributed by atoms with E-state index in [1.54, 1.807) is 12.3 Å². The van der Waals surface area contributed by atoms with Gasteiger partial charge in [-0.2, -0.15) is 0 Å². The summed E-state index contributed by atoms with van der Waals surface area (Å²) in [4.78, 5) is 6.73. The fraction of sp³-hybridized carbons (Fsp3) is 0.538. The Hall–Kier alpha value is -1.58. The van der Waals surface area contributed by atoms with Crippen LogP contribution in [0.25, 0.3) is 0 Å². The molecule has 0 aliphatic carbocycles. The first-order valence-electron chi connectivity index (χ1n) is 6.24. The van der Waals surface area contributed by atoms with Crippen molar-refractivity contribution < 1.29 is 0 Å². The number of fused-ring (bicyclic) bond motifs is 1. The molecule has 1 aromatic rings. The Bertz CT molecular complexity index is 427. The third-order valence-electron chi connectivity index (χ3n) is 3.49. The molecule has 1 aromatic heterocycles. The molecular formula is C13H20N4. The second-order valence-electron chi connectivity index (χ2n) is 4.63. The Morgan fingerprint density at radius 1 is 1.59 bits per heavy atom. The highest BCUT2D eigenvalue weighted by Gasteiger charge is 2.24. The van der Waals surface area contributed by atoms with Gasteiger partial charge in [0.2, 0.25) is 0 Å². The Kier molecular flexibility index (Phi) is 3.31. The number of nitrogens with zero attached hydrogens (tertiary/aromatic N) is 2. The molecule has 0 radical (unpaired) electrons. The summed E-state index contributed by atoms with van der Waals surface area (Å²) in [5.41, 5.74) is 8.13. The van der Waals surface area contributed by atoms with Crippen molar-refractivity contribution in [1.29, 1.82) is 5.41 Å². The summed E-state index contributed by atoms with van der Waals surface area (Å²) in [6, 6.07) is 2.22. The van der Waals surface area contributed by atoms with E-state index in [9.17, 15) is 0 Å². The number of aromatic nitrogens is 1. The van der Waals surface area contributed by atoms with Gasteiger partial charge in [0.1, 0.15) is 5.82 Å². The number of nitrogen functional groups attached to an aromatic ring is 1. The number of hydrogen-bond acceptors (Lipinski definition) is 4. The summed E-state index contributed by atoms with van der Waals surface area (Å²) in [5, 5.41) is 8.09. The van der Waals surface area contributed by atoms with Gasteiger partial charge in [0.05, 0.1) is 5.56 Å². The number of nitrogens with one attached hydrogen (secondary N) is 1. The molecule has 1 unspecified atom stereocenters. The topological polar surface area (TPSA) is 66.0 Å². The van der Waals surface area contributed by atoms with E-state index in [0.29, 0.717) is 17.4 Å². The van der Waals surface area contributed by atoms with Crippen LogP contribution in [0.2, 0.25) is 0 Å². The smallest absolute Gasteiger partial charge is 0.139 e. The lowest BCUT2D eigenvalue weighted by Crippen LogP contribution is -2.34. The summed E-state index contributed by atoms with van der Waals surface area (Å²) >= 11 is 0. The van der Waals surface area contributed by atoms with Crippen LogP contribution < -0.4 is 10.6 Å². The average molecular weight is 232 g/mol. The Balaban J connectivity index is 2.51. The minimum atomic E-state index is 0.439. The maximum atomic E-state index is 8.09. The molecular weight excluding hydrogens is 212 g/mol. The molecule has 1 aliphatic heterocycles. The highest BCUT2D eigenvalue weighted by Crippen LogP contribution is 2.30. The zero-order valence-electron chi connectivity index (χ0n) is 10.5. The van der Waals surface area contributed by atoms with Gasteiger partial charge in [0.15, 0.2) is 0 Å². The SMILES string of the molecule is CCC(C)N1CCCC(=N)c2c(N)ccnc21. The van der Waals surface area contributed by atoms with Gasteiger partial charge in [0.25, 0.3) is 0 Å². The molecule has 4 nitrogen and oxygen atoms in total. The Morgan fingerprint density at radius 2 is 2.35 bits per heavy atom. The van der Waals surface area contributed by atoms with E-state index >= 15 is 0 Å². The molecule has 92 valence electrons. The third kappa shape index (κ3) is 2.12. The van der Waals surface area contributed by atoms with Crippen LogP contribution in [0, 0.1) is 5.41 Å². The lowest BCUT2D eigenvalue weighted by atomic mass is 10.1. The number of anilines is 2. The van der Waals surface area contributed by atoms with E-state index in [1.165, 1.54) is 0 Å². The molecule has 0 amide bonds. The van der Waals surface area contributed by atoms with Crippen LogP contribution in [-0.2, 0) is 0 Å². The molecule has 1 aliphatic rings. The fourth-order valence-corrected chi connectivity index (χ4v) is 2.30. The molecule has 0 spiro atoms. The first-order chi connectivity index (χ1) is 8.15. The maximum absolute atomic E-state index is 8.09. The molecule has 0 saturated carbocycles. The van der Waals surface area contributed by atoms with Gasteiger partial charge in [-0.05, 0) is 32.3 Å². The van der Waals surface area contributed by atoms with Crippen LogP contribution in [0.4, 0.5) is 11.5 Å². The van der Waals surface area contributed by atoms with Crippen LogP contribution in [0.5, 0.6) is 0 Å². The molecule has 2 heterocycles. The molecule has 17 heavy (non-hydrogen) atoms. The van der Waals surface area contributed by atoms with Crippen LogP contribution >= 0.6 is 0 Å². The van der Waals surface area contributed by atoms with E-state index in [1.807, 2.05) is 0 Å². The zero-order chi connectivity index (χ0) is 12.4. The maximum Gasteiger partial charge on any atom is 0.139 e. The Labute approximate surface area is 102 Å². The zero-order valence-corrected chi connectivity index (χ0v) is 10.5.